The zero-order valence-corrected chi connectivity index (χ0v) is 24.8. The Kier molecular flexibility index (Phi) is 9.04. The van der Waals surface area contributed by atoms with E-state index in [-0.39, 0.29) is 43.8 Å². The lowest BCUT2D eigenvalue weighted by Gasteiger charge is -2.25. The highest BCUT2D eigenvalue weighted by Gasteiger charge is 2.31. The van der Waals surface area contributed by atoms with Crippen molar-refractivity contribution in [3.8, 4) is 16.9 Å². The van der Waals surface area contributed by atoms with Crippen LogP contribution in [0.5, 0.6) is 5.75 Å². The van der Waals surface area contributed by atoms with Crippen LogP contribution in [0.15, 0.2) is 91.0 Å². The number of hydrogen-bond donors (Lipinski definition) is 1. The Hall–Kier alpha value is -5.44. The van der Waals surface area contributed by atoms with Crippen LogP contribution < -0.4 is 19.9 Å². The molecule has 0 spiro atoms. The number of amides is 3. The lowest BCUT2D eigenvalue weighted by atomic mass is 9.95. The number of methoxy groups -OCH3 is 1. The summed E-state index contributed by atoms with van der Waals surface area (Å²) in [5.41, 5.74) is 4.97. The van der Waals surface area contributed by atoms with Gasteiger partial charge in [0.25, 0.3) is 11.8 Å². The van der Waals surface area contributed by atoms with Gasteiger partial charge in [0.2, 0.25) is 5.91 Å². The molecule has 0 radical (unpaired) electrons. The molecule has 4 aromatic carbocycles. The van der Waals surface area contributed by atoms with Crippen molar-refractivity contribution in [2.45, 2.75) is 20.3 Å². The van der Waals surface area contributed by atoms with Gasteiger partial charge < -0.3 is 19.7 Å². The summed E-state index contributed by atoms with van der Waals surface area (Å²) in [6, 6.07) is 27.0. The second-order valence-electron chi connectivity index (χ2n) is 10.2. The molecule has 4 aromatic rings. The molecule has 0 saturated carbocycles. The molecule has 1 heterocycles. The van der Waals surface area contributed by atoms with Gasteiger partial charge in [0.1, 0.15) is 12.3 Å². The molecule has 224 valence electrons. The third kappa shape index (κ3) is 6.17. The van der Waals surface area contributed by atoms with Gasteiger partial charge in [-0.25, -0.2) is 0 Å². The normalized spacial score (nSPS) is 12.7. The van der Waals surface area contributed by atoms with Crippen LogP contribution in [0.4, 0.5) is 17.1 Å². The van der Waals surface area contributed by atoms with E-state index in [0.717, 1.165) is 16.7 Å². The first-order chi connectivity index (χ1) is 21.3. The van der Waals surface area contributed by atoms with Gasteiger partial charge in [-0.2, -0.15) is 0 Å². The molecule has 3 amide bonds. The second kappa shape index (κ2) is 13.2. The second-order valence-corrected chi connectivity index (χ2v) is 10.2. The van der Waals surface area contributed by atoms with E-state index in [1.165, 1.54) is 16.9 Å². The molecule has 5 rings (SSSR count). The number of fused-ring (bicyclic) bond motifs is 1. The average molecular weight is 592 g/mol. The number of nitrogens with zero attached hydrogens (tertiary/aromatic N) is 2. The first-order valence-corrected chi connectivity index (χ1v) is 14.3. The van der Waals surface area contributed by atoms with E-state index >= 15 is 0 Å². The van der Waals surface area contributed by atoms with Crippen molar-refractivity contribution < 1.29 is 28.7 Å². The molecular formula is C35H33N3O6. The summed E-state index contributed by atoms with van der Waals surface area (Å²) in [5.74, 6) is -1.19. The third-order valence-corrected chi connectivity index (χ3v) is 7.45. The van der Waals surface area contributed by atoms with Crippen molar-refractivity contribution in [3.05, 3.63) is 108 Å². The van der Waals surface area contributed by atoms with Crippen molar-refractivity contribution in [1.29, 1.82) is 0 Å². The number of hydrogen-bond acceptors (Lipinski definition) is 6. The van der Waals surface area contributed by atoms with Crippen molar-refractivity contribution in [3.63, 3.8) is 0 Å². The van der Waals surface area contributed by atoms with Gasteiger partial charge in [-0.1, -0.05) is 54.6 Å². The first-order valence-electron chi connectivity index (χ1n) is 14.3. The van der Waals surface area contributed by atoms with Gasteiger partial charge in [-0.05, 0) is 66.9 Å². The zero-order chi connectivity index (χ0) is 31.2. The smallest absolute Gasteiger partial charge is 0.326 e. The number of carbonyl (C=O) groups is 4. The molecule has 1 aliphatic rings. The fourth-order valence-corrected chi connectivity index (χ4v) is 5.30. The number of esters is 1. The predicted molar refractivity (Wildman–Crippen MR) is 169 cm³/mol. The van der Waals surface area contributed by atoms with Gasteiger partial charge in [0.05, 0.1) is 30.8 Å². The molecule has 0 aromatic heterocycles. The van der Waals surface area contributed by atoms with Crippen LogP contribution in [0, 0.1) is 6.92 Å². The van der Waals surface area contributed by atoms with Gasteiger partial charge in [-0.15, -0.1) is 0 Å². The topological polar surface area (TPSA) is 105 Å². The van der Waals surface area contributed by atoms with Gasteiger partial charge in [0, 0.05) is 24.1 Å². The molecule has 0 atom stereocenters. The van der Waals surface area contributed by atoms with E-state index in [0.29, 0.717) is 33.9 Å². The monoisotopic (exact) mass is 591 g/mol. The number of carbonyl (C=O) groups excluding carboxylic acids is 4. The molecular weight excluding hydrogens is 558 g/mol. The molecule has 0 bridgehead atoms. The molecule has 0 saturated heterocycles. The summed E-state index contributed by atoms with van der Waals surface area (Å²) < 4.78 is 10.7. The zero-order valence-electron chi connectivity index (χ0n) is 24.8. The molecule has 0 aliphatic carbocycles. The fourth-order valence-electron chi connectivity index (χ4n) is 5.30. The van der Waals surface area contributed by atoms with Crippen molar-refractivity contribution in [2.24, 2.45) is 0 Å². The van der Waals surface area contributed by atoms with E-state index in [1.54, 1.807) is 55.5 Å². The highest BCUT2D eigenvalue weighted by Crippen LogP contribution is 2.35. The van der Waals surface area contributed by atoms with Gasteiger partial charge >= 0.3 is 5.97 Å². The Morgan fingerprint density at radius 3 is 2.27 bits per heavy atom. The van der Waals surface area contributed by atoms with Crippen molar-refractivity contribution in [1.82, 2.24) is 0 Å². The maximum atomic E-state index is 13.9. The first kappa shape index (κ1) is 30.0. The average Bonchev–Trinajstić information content (AvgIpc) is 3.17. The summed E-state index contributed by atoms with van der Waals surface area (Å²) >= 11 is 0. The van der Waals surface area contributed by atoms with E-state index in [9.17, 15) is 19.2 Å². The molecule has 9 nitrogen and oxygen atoms in total. The van der Waals surface area contributed by atoms with Crippen LogP contribution in [0.25, 0.3) is 11.1 Å². The highest BCUT2D eigenvalue weighted by atomic mass is 16.5. The minimum absolute atomic E-state index is 0.0192. The predicted octanol–water partition coefficient (Wildman–Crippen LogP) is 5.87. The molecule has 0 fully saturated rings. The standard InChI is InChI=1S/C35H33N3O6/c1-4-44-33(40)22-38-30-16-10-9-15-29(30)37(20-19-32(38)39)35(42)24-17-18-28(31(21-24)43-3)36-34(41)27-14-8-7-13-26(27)25-12-6-5-11-23(25)2/h5-18,21H,4,19-20,22H2,1-3H3,(H,36,41). The Morgan fingerprint density at radius 2 is 1.55 bits per heavy atom. The number of aryl methyl sites for hydroxylation is 1. The number of ether oxygens (including phenoxy) is 2. The minimum Gasteiger partial charge on any atom is -0.495 e. The minimum atomic E-state index is -0.528. The van der Waals surface area contributed by atoms with Crippen LogP contribution in [0.1, 0.15) is 39.6 Å². The Labute approximate surface area is 256 Å². The largest absolute Gasteiger partial charge is 0.495 e. The lowest BCUT2D eigenvalue weighted by molar-refractivity contribution is -0.142. The van der Waals surface area contributed by atoms with Crippen LogP contribution in [0.3, 0.4) is 0 Å². The van der Waals surface area contributed by atoms with E-state index in [4.69, 9.17) is 9.47 Å². The van der Waals surface area contributed by atoms with E-state index in [1.807, 2.05) is 49.4 Å². The summed E-state index contributed by atoms with van der Waals surface area (Å²) in [6.07, 6.45) is 0.0192. The Balaban J connectivity index is 1.42. The van der Waals surface area contributed by atoms with Crippen LogP contribution in [0.2, 0.25) is 0 Å². The number of anilines is 3. The number of benzene rings is 4. The molecule has 1 N–H and O–H groups in total. The Morgan fingerprint density at radius 1 is 0.864 bits per heavy atom. The molecule has 44 heavy (non-hydrogen) atoms. The van der Waals surface area contributed by atoms with E-state index < -0.39 is 5.97 Å². The lowest BCUT2D eigenvalue weighted by Crippen LogP contribution is -2.36. The number of nitrogens with one attached hydrogen (secondary N) is 1. The summed E-state index contributed by atoms with van der Waals surface area (Å²) in [4.78, 5) is 55.5. The van der Waals surface area contributed by atoms with Crippen molar-refractivity contribution >= 4 is 40.8 Å². The van der Waals surface area contributed by atoms with Crippen LogP contribution in [-0.2, 0) is 14.3 Å². The summed E-state index contributed by atoms with van der Waals surface area (Å²) in [6.45, 7) is 3.77. The molecule has 9 heteroatoms. The van der Waals surface area contributed by atoms with Crippen molar-refractivity contribution in [2.75, 3.05) is 41.9 Å². The summed E-state index contributed by atoms with van der Waals surface area (Å²) in [5, 5.41) is 2.93. The van der Waals surface area contributed by atoms with Gasteiger partial charge in [-0.3, -0.25) is 24.1 Å². The molecule has 0 unspecified atom stereocenters. The SMILES string of the molecule is CCOC(=O)CN1C(=O)CCN(C(=O)c2ccc(NC(=O)c3ccccc3-c3ccccc3C)c(OC)c2)c2ccccc21. The highest BCUT2D eigenvalue weighted by molar-refractivity contribution is 6.13. The quantitative estimate of drug-likeness (QED) is 0.257. The van der Waals surface area contributed by atoms with Gasteiger partial charge in [0.15, 0.2) is 0 Å². The maximum Gasteiger partial charge on any atom is 0.326 e. The Bertz CT molecular complexity index is 1730. The maximum absolute atomic E-state index is 13.9. The summed E-state index contributed by atoms with van der Waals surface area (Å²) in [7, 11) is 1.47. The third-order valence-electron chi connectivity index (χ3n) is 7.45. The number of rotatable bonds is 8. The van der Waals surface area contributed by atoms with Crippen LogP contribution >= 0.6 is 0 Å². The fraction of sp³-hybridized carbons (Fsp3) is 0.200. The molecule has 1 aliphatic heterocycles. The number of para-hydroxylation sites is 2. The van der Waals surface area contributed by atoms with Crippen LogP contribution in [-0.4, -0.2) is 50.5 Å². The van der Waals surface area contributed by atoms with E-state index in [2.05, 4.69) is 5.32 Å².